The third-order valence-corrected chi connectivity index (χ3v) is 4.97. The van der Waals surface area contributed by atoms with Gasteiger partial charge in [-0.15, -0.1) is 10.2 Å². The highest BCUT2D eigenvalue weighted by Crippen LogP contribution is 2.22. The molecule has 23 heavy (non-hydrogen) atoms. The van der Waals surface area contributed by atoms with Crippen LogP contribution in [0.3, 0.4) is 0 Å². The minimum absolute atomic E-state index is 0.0144. The van der Waals surface area contributed by atoms with E-state index < -0.39 is 6.10 Å². The maximum atomic E-state index is 12.3. The number of likely N-dealkylation sites (tertiary alicyclic amines) is 1. The number of rotatable bonds is 5. The lowest BCUT2D eigenvalue weighted by molar-refractivity contribution is -0.127. The lowest BCUT2D eigenvalue weighted by Crippen LogP contribution is -2.31. The Morgan fingerprint density at radius 1 is 1.43 bits per heavy atom. The summed E-state index contributed by atoms with van der Waals surface area (Å²) in [6, 6.07) is 5.75. The summed E-state index contributed by atoms with van der Waals surface area (Å²) in [5.74, 6) is 0.351. The van der Waals surface area contributed by atoms with Crippen molar-refractivity contribution < 1.29 is 9.90 Å². The Bertz CT molecular complexity index is 663. The van der Waals surface area contributed by atoms with Gasteiger partial charge in [0.15, 0.2) is 5.16 Å². The molecular weight excluding hydrogens is 314 g/mol. The predicted octanol–water partition coefficient (Wildman–Crippen LogP) is 0.364. The van der Waals surface area contributed by atoms with Crippen LogP contribution in [-0.2, 0) is 18.3 Å². The van der Waals surface area contributed by atoms with Crippen LogP contribution in [0.15, 0.2) is 35.9 Å². The molecule has 2 atom stereocenters. The van der Waals surface area contributed by atoms with Crippen LogP contribution >= 0.6 is 11.8 Å². The van der Waals surface area contributed by atoms with Gasteiger partial charge in [-0.2, -0.15) is 0 Å². The first-order chi connectivity index (χ1) is 11.1. The Hall–Kier alpha value is -1.93. The van der Waals surface area contributed by atoms with Gasteiger partial charge in [-0.1, -0.05) is 17.8 Å². The monoisotopic (exact) mass is 333 g/mol. The lowest BCUT2D eigenvalue weighted by atomic mass is 10.00. The summed E-state index contributed by atoms with van der Waals surface area (Å²) in [5.41, 5.74) is 0.944. The number of aryl methyl sites for hydroxylation is 1. The average molecular weight is 333 g/mol. The van der Waals surface area contributed by atoms with Crippen LogP contribution in [0, 0.1) is 5.92 Å². The molecular formula is C15H19N5O2S. The van der Waals surface area contributed by atoms with Crippen LogP contribution in [0.5, 0.6) is 0 Å². The highest BCUT2D eigenvalue weighted by atomic mass is 32.2. The molecule has 2 aromatic heterocycles. The van der Waals surface area contributed by atoms with Crippen molar-refractivity contribution in [1.82, 2.24) is 24.6 Å². The minimum atomic E-state index is -0.499. The molecule has 0 unspecified atom stereocenters. The average Bonchev–Trinajstić information content (AvgIpc) is 3.12. The van der Waals surface area contributed by atoms with E-state index in [1.165, 1.54) is 11.8 Å². The van der Waals surface area contributed by atoms with Crippen LogP contribution in [0.4, 0.5) is 0 Å². The fourth-order valence-electron chi connectivity index (χ4n) is 2.67. The van der Waals surface area contributed by atoms with Gasteiger partial charge in [-0.05, 0) is 18.6 Å². The van der Waals surface area contributed by atoms with Gasteiger partial charge in [0, 0.05) is 37.9 Å². The molecule has 8 heteroatoms. The van der Waals surface area contributed by atoms with Crippen LogP contribution in [0.2, 0.25) is 0 Å². The summed E-state index contributed by atoms with van der Waals surface area (Å²) in [5, 5.41) is 18.7. The molecule has 1 N–H and O–H groups in total. The number of thioether (sulfide) groups is 1. The largest absolute Gasteiger partial charge is 0.391 e. The van der Waals surface area contributed by atoms with Crippen LogP contribution in [0.1, 0.15) is 5.69 Å². The number of carbonyl (C=O) groups excluding carboxylic acids is 1. The van der Waals surface area contributed by atoms with Gasteiger partial charge < -0.3 is 14.6 Å². The molecule has 0 bridgehead atoms. The number of β-amino-alcohol motifs (C(OH)–C–C–N with tert-alkyl or cyclic N) is 1. The summed E-state index contributed by atoms with van der Waals surface area (Å²) in [6.07, 6.45) is 3.54. The fraction of sp³-hybridized carbons (Fsp3) is 0.467. The molecule has 3 heterocycles. The van der Waals surface area contributed by atoms with E-state index in [0.29, 0.717) is 30.4 Å². The Kier molecular flexibility index (Phi) is 4.92. The number of nitrogens with zero attached hydrogens (tertiary/aromatic N) is 5. The van der Waals surface area contributed by atoms with E-state index in [1.54, 1.807) is 22.0 Å². The number of aromatic nitrogens is 4. The molecule has 1 aliphatic rings. The van der Waals surface area contributed by atoms with Crippen LogP contribution in [0.25, 0.3) is 0 Å². The SMILES string of the molecule is Cn1cnnc1SCC(=O)N1C[C@@H](Cc2ccccn2)[C@H](O)C1. The van der Waals surface area contributed by atoms with Crippen molar-refractivity contribution in [2.75, 3.05) is 18.8 Å². The van der Waals surface area contributed by atoms with Crippen molar-refractivity contribution in [3.63, 3.8) is 0 Å². The normalized spacial score (nSPS) is 20.9. The van der Waals surface area contributed by atoms with Crippen molar-refractivity contribution in [3.8, 4) is 0 Å². The zero-order valence-electron chi connectivity index (χ0n) is 12.9. The van der Waals surface area contributed by atoms with Crippen molar-refractivity contribution in [1.29, 1.82) is 0 Å². The molecule has 7 nitrogen and oxygen atoms in total. The quantitative estimate of drug-likeness (QED) is 0.796. The number of pyridine rings is 1. The van der Waals surface area contributed by atoms with Crippen LogP contribution < -0.4 is 0 Å². The molecule has 1 saturated heterocycles. The molecule has 0 aliphatic carbocycles. The smallest absolute Gasteiger partial charge is 0.233 e. The summed E-state index contributed by atoms with van der Waals surface area (Å²) < 4.78 is 1.78. The summed E-state index contributed by atoms with van der Waals surface area (Å²) in [6.45, 7) is 0.950. The summed E-state index contributed by atoms with van der Waals surface area (Å²) >= 11 is 1.36. The van der Waals surface area contributed by atoms with Crippen molar-refractivity contribution in [3.05, 3.63) is 36.4 Å². The van der Waals surface area contributed by atoms with Gasteiger partial charge in [0.2, 0.25) is 5.91 Å². The minimum Gasteiger partial charge on any atom is -0.391 e. The Morgan fingerprint density at radius 2 is 2.30 bits per heavy atom. The second-order valence-corrected chi connectivity index (χ2v) is 6.61. The second-order valence-electron chi connectivity index (χ2n) is 5.66. The fourth-order valence-corrected chi connectivity index (χ4v) is 3.46. The van der Waals surface area contributed by atoms with E-state index in [-0.39, 0.29) is 11.8 Å². The third kappa shape index (κ3) is 3.89. The maximum Gasteiger partial charge on any atom is 0.233 e. The molecule has 0 spiro atoms. The molecule has 0 radical (unpaired) electrons. The summed E-state index contributed by atoms with van der Waals surface area (Å²) in [4.78, 5) is 18.3. The number of hydrogen-bond donors (Lipinski definition) is 1. The predicted molar refractivity (Wildman–Crippen MR) is 85.7 cm³/mol. The zero-order chi connectivity index (χ0) is 16.2. The Morgan fingerprint density at radius 3 is 3.00 bits per heavy atom. The second kappa shape index (κ2) is 7.10. The van der Waals surface area contributed by atoms with Gasteiger partial charge in [-0.3, -0.25) is 9.78 Å². The van der Waals surface area contributed by atoms with Gasteiger partial charge in [0.1, 0.15) is 6.33 Å². The molecule has 1 amide bonds. The highest BCUT2D eigenvalue weighted by Gasteiger charge is 2.34. The molecule has 122 valence electrons. The van der Waals surface area contributed by atoms with E-state index in [0.717, 1.165) is 5.69 Å². The lowest BCUT2D eigenvalue weighted by Gasteiger charge is -2.15. The van der Waals surface area contributed by atoms with Gasteiger partial charge >= 0.3 is 0 Å². The number of aliphatic hydroxyl groups excluding tert-OH is 1. The topological polar surface area (TPSA) is 84.1 Å². The standard InChI is InChI=1S/C15H19N5O2S/c1-19-10-17-18-15(19)23-9-14(22)20-7-11(13(21)8-20)6-12-4-2-3-5-16-12/h2-5,10-11,13,21H,6-9H2,1H3/t11-,13-/m1/s1. The van der Waals surface area contributed by atoms with Gasteiger partial charge in [-0.25, -0.2) is 0 Å². The molecule has 0 aromatic carbocycles. The first kappa shape index (κ1) is 15.9. The first-order valence-electron chi connectivity index (χ1n) is 7.46. The number of hydrogen-bond acceptors (Lipinski definition) is 6. The number of aliphatic hydroxyl groups is 1. The zero-order valence-corrected chi connectivity index (χ0v) is 13.7. The number of amides is 1. The maximum absolute atomic E-state index is 12.3. The van der Waals surface area contributed by atoms with E-state index in [9.17, 15) is 9.90 Å². The first-order valence-corrected chi connectivity index (χ1v) is 8.44. The van der Waals surface area contributed by atoms with E-state index >= 15 is 0 Å². The molecule has 1 aliphatic heterocycles. The Balaban J connectivity index is 1.53. The van der Waals surface area contributed by atoms with Crippen molar-refractivity contribution >= 4 is 17.7 Å². The Labute approximate surface area is 138 Å². The summed E-state index contributed by atoms with van der Waals surface area (Å²) in [7, 11) is 1.84. The molecule has 3 rings (SSSR count). The van der Waals surface area contributed by atoms with Gasteiger partial charge in [0.25, 0.3) is 0 Å². The van der Waals surface area contributed by atoms with Crippen molar-refractivity contribution in [2.45, 2.75) is 17.7 Å². The van der Waals surface area contributed by atoms with E-state index in [2.05, 4.69) is 15.2 Å². The molecule has 0 saturated carbocycles. The number of carbonyl (C=O) groups is 1. The van der Waals surface area contributed by atoms with Crippen molar-refractivity contribution in [2.24, 2.45) is 13.0 Å². The van der Waals surface area contributed by atoms with Crippen LogP contribution in [-0.4, -0.2) is 60.6 Å². The van der Waals surface area contributed by atoms with Gasteiger partial charge in [0.05, 0.1) is 11.9 Å². The molecule has 1 fully saturated rings. The van der Waals surface area contributed by atoms with E-state index in [4.69, 9.17) is 0 Å². The van der Waals surface area contributed by atoms with E-state index in [1.807, 2.05) is 25.2 Å². The highest BCUT2D eigenvalue weighted by molar-refractivity contribution is 7.99. The molecule has 2 aromatic rings. The third-order valence-electron chi connectivity index (χ3n) is 3.95.